The lowest BCUT2D eigenvalue weighted by Crippen LogP contribution is -2.30. The van der Waals surface area contributed by atoms with Crippen LogP contribution in [0.15, 0.2) is 30.3 Å². The van der Waals surface area contributed by atoms with Crippen LogP contribution in [0.1, 0.15) is 9.67 Å². The first kappa shape index (κ1) is 16.3. The van der Waals surface area contributed by atoms with Gasteiger partial charge in [-0.05, 0) is 23.8 Å². The van der Waals surface area contributed by atoms with Crippen LogP contribution in [0.25, 0.3) is 10.4 Å². The third-order valence-corrected chi connectivity index (χ3v) is 4.04. The minimum atomic E-state index is -5.06. The molecule has 0 saturated heterocycles. The second-order valence-electron chi connectivity index (χ2n) is 4.18. The Morgan fingerprint density at radius 3 is 2.27 bits per heavy atom. The maximum Gasteiger partial charge on any atom is 0.471 e. The zero-order valence-electron chi connectivity index (χ0n) is 10.7. The number of halogens is 4. The summed E-state index contributed by atoms with van der Waals surface area (Å²) >= 11 is 6.63. The molecular weight excluding hydrogens is 341 g/mol. The molecule has 0 atom stereocenters. The zero-order chi connectivity index (χ0) is 16.5. The Bertz CT molecular complexity index is 726. The Morgan fingerprint density at radius 1 is 1.18 bits per heavy atom. The van der Waals surface area contributed by atoms with Crippen LogP contribution in [0.5, 0.6) is 0 Å². The van der Waals surface area contributed by atoms with Crippen molar-refractivity contribution < 1.29 is 22.8 Å². The van der Waals surface area contributed by atoms with Gasteiger partial charge in [-0.3, -0.25) is 9.59 Å². The van der Waals surface area contributed by atoms with Crippen molar-refractivity contribution in [3.8, 4) is 10.4 Å². The second-order valence-corrected chi connectivity index (χ2v) is 5.67. The van der Waals surface area contributed by atoms with E-state index >= 15 is 0 Å². The van der Waals surface area contributed by atoms with Crippen molar-refractivity contribution in [2.24, 2.45) is 5.73 Å². The van der Waals surface area contributed by atoms with E-state index in [1.165, 1.54) is 6.07 Å². The number of thiophene rings is 1. The Balaban J connectivity index is 2.40. The number of amides is 2. The fourth-order valence-electron chi connectivity index (χ4n) is 1.62. The molecule has 116 valence electrons. The Hall–Kier alpha value is -2.06. The molecule has 1 heterocycles. The molecule has 0 bridgehead atoms. The van der Waals surface area contributed by atoms with E-state index < -0.39 is 18.0 Å². The number of nitrogens with one attached hydrogen (secondary N) is 1. The average molecular weight is 349 g/mol. The van der Waals surface area contributed by atoms with E-state index in [-0.39, 0.29) is 10.6 Å². The zero-order valence-corrected chi connectivity index (χ0v) is 12.3. The molecule has 0 radical (unpaired) electrons. The summed E-state index contributed by atoms with van der Waals surface area (Å²) in [7, 11) is 0. The van der Waals surface area contributed by atoms with Gasteiger partial charge in [-0.1, -0.05) is 23.7 Å². The highest BCUT2D eigenvalue weighted by molar-refractivity contribution is 7.18. The fraction of sp³-hybridized carbons (Fsp3) is 0.0769. The van der Waals surface area contributed by atoms with Crippen LogP contribution in [-0.2, 0) is 4.79 Å². The number of hydrogen-bond donors (Lipinski definition) is 2. The van der Waals surface area contributed by atoms with Gasteiger partial charge in [0.2, 0.25) is 0 Å². The van der Waals surface area contributed by atoms with E-state index in [4.69, 9.17) is 17.3 Å². The fourth-order valence-corrected chi connectivity index (χ4v) is 2.71. The van der Waals surface area contributed by atoms with Crippen molar-refractivity contribution in [3.05, 3.63) is 40.2 Å². The summed E-state index contributed by atoms with van der Waals surface area (Å²) in [4.78, 5) is 22.6. The van der Waals surface area contributed by atoms with Crippen molar-refractivity contribution in [3.63, 3.8) is 0 Å². The Morgan fingerprint density at radius 2 is 1.77 bits per heavy atom. The predicted octanol–water partition coefficient (Wildman–Crippen LogP) is 3.67. The van der Waals surface area contributed by atoms with Gasteiger partial charge in [-0.15, -0.1) is 11.3 Å². The number of primary amides is 1. The van der Waals surface area contributed by atoms with Gasteiger partial charge in [0, 0.05) is 9.90 Å². The standard InChI is InChI=1S/C13H8ClF3N2O2S/c14-7-3-1-6(2-4-7)9-5-8(10(22-9)11(18)20)19-12(21)13(15,16)17/h1-5H,(H2,18,20)(H,19,21). The molecule has 1 aromatic heterocycles. The van der Waals surface area contributed by atoms with Gasteiger partial charge in [-0.25, -0.2) is 0 Å². The smallest absolute Gasteiger partial charge is 0.365 e. The lowest BCUT2D eigenvalue weighted by Gasteiger charge is -2.07. The van der Waals surface area contributed by atoms with Gasteiger partial charge in [0.25, 0.3) is 5.91 Å². The van der Waals surface area contributed by atoms with Crippen molar-refractivity contribution in [1.29, 1.82) is 0 Å². The summed E-state index contributed by atoms with van der Waals surface area (Å²) in [6, 6.07) is 7.71. The quantitative estimate of drug-likeness (QED) is 0.888. The second kappa shape index (κ2) is 5.98. The van der Waals surface area contributed by atoms with Crippen LogP contribution >= 0.6 is 22.9 Å². The average Bonchev–Trinajstić information content (AvgIpc) is 2.82. The first-order chi connectivity index (χ1) is 10.2. The third kappa shape index (κ3) is 3.58. The minimum absolute atomic E-state index is 0.164. The van der Waals surface area contributed by atoms with Crippen molar-refractivity contribution in [2.75, 3.05) is 5.32 Å². The summed E-state index contributed by atoms with van der Waals surface area (Å²) in [5.74, 6) is -3.10. The largest absolute Gasteiger partial charge is 0.471 e. The molecule has 1 aromatic carbocycles. The molecule has 0 aliphatic heterocycles. The van der Waals surface area contributed by atoms with E-state index in [0.717, 1.165) is 11.3 Å². The summed E-state index contributed by atoms with van der Waals surface area (Å²) in [6.45, 7) is 0. The van der Waals surface area contributed by atoms with Gasteiger partial charge in [0.1, 0.15) is 4.88 Å². The number of anilines is 1. The summed E-state index contributed by atoms with van der Waals surface area (Å²) in [5.41, 5.74) is 5.49. The van der Waals surface area contributed by atoms with Gasteiger partial charge < -0.3 is 11.1 Å². The number of hydrogen-bond acceptors (Lipinski definition) is 3. The molecule has 2 aromatic rings. The molecule has 0 aliphatic rings. The van der Waals surface area contributed by atoms with Crippen LogP contribution in [0, 0.1) is 0 Å². The third-order valence-electron chi connectivity index (χ3n) is 2.59. The van der Waals surface area contributed by atoms with E-state index in [1.54, 1.807) is 29.6 Å². The number of rotatable bonds is 3. The molecule has 2 amide bonds. The molecule has 0 unspecified atom stereocenters. The highest BCUT2D eigenvalue weighted by Crippen LogP contribution is 2.35. The highest BCUT2D eigenvalue weighted by Gasteiger charge is 2.39. The summed E-state index contributed by atoms with van der Waals surface area (Å²) in [6.07, 6.45) is -5.06. The van der Waals surface area contributed by atoms with Crippen LogP contribution in [0.4, 0.5) is 18.9 Å². The van der Waals surface area contributed by atoms with Crippen LogP contribution in [0.3, 0.4) is 0 Å². The normalized spacial score (nSPS) is 11.3. The van der Waals surface area contributed by atoms with Crippen molar-refractivity contribution >= 4 is 40.4 Å². The molecule has 22 heavy (non-hydrogen) atoms. The first-order valence-corrected chi connectivity index (χ1v) is 6.95. The molecule has 4 nitrogen and oxygen atoms in total. The lowest BCUT2D eigenvalue weighted by atomic mass is 10.2. The maximum absolute atomic E-state index is 12.3. The molecule has 0 fully saturated rings. The van der Waals surface area contributed by atoms with Gasteiger partial charge >= 0.3 is 12.1 Å². The Labute approximate surface area is 131 Å². The highest BCUT2D eigenvalue weighted by atomic mass is 35.5. The lowest BCUT2D eigenvalue weighted by molar-refractivity contribution is -0.167. The van der Waals surface area contributed by atoms with E-state index in [0.29, 0.717) is 15.5 Å². The summed E-state index contributed by atoms with van der Waals surface area (Å²) in [5, 5.41) is 2.14. The van der Waals surface area contributed by atoms with E-state index in [2.05, 4.69) is 0 Å². The van der Waals surface area contributed by atoms with Gasteiger partial charge in [0.15, 0.2) is 0 Å². The topological polar surface area (TPSA) is 72.2 Å². The van der Waals surface area contributed by atoms with Crippen molar-refractivity contribution in [2.45, 2.75) is 6.18 Å². The number of carbonyl (C=O) groups excluding carboxylic acids is 2. The number of nitrogens with two attached hydrogens (primary N) is 1. The van der Waals surface area contributed by atoms with Gasteiger partial charge in [0.05, 0.1) is 5.69 Å². The molecule has 3 N–H and O–H groups in total. The number of alkyl halides is 3. The number of benzene rings is 1. The van der Waals surface area contributed by atoms with Gasteiger partial charge in [-0.2, -0.15) is 13.2 Å². The van der Waals surface area contributed by atoms with Crippen LogP contribution < -0.4 is 11.1 Å². The summed E-state index contributed by atoms with van der Waals surface area (Å²) < 4.78 is 36.9. The van der Waals surface area contributed by atoms with Crippen LogP contribution in [-0.4, -0.2) is 18.0 Å². The van der Waals surface area contributed by atoms with E-state index in [1.807, 2.05) is 0 Å². The van der Waals surface area contributed by atoms with E-state index in [9.17, 15) is 22.8 Å². The predicted molar refractivity (Wildman–Crippen MR) is 78.0 cm³/mol. The monoisotopic (exact) mass is 348 g/mol. The molecule has 0 spiro atoms. The molecule has 9 heteroatoms. The molecule has 0 aliphatic carbocycles. The van der Waals surface area contributed by atoms with Crippen molar-refractivity contribution in [1.82, 2.24) is 0 Å². The SMILES string of the molecule is NC(=O)c1sc(-c2ccc(Cl)cc2)cc1NC(=O)C(F)(F)F. The first-order valence-electron chi connectivity index (χ1n) is 5.76. The Kier molecular flexibility index (Phi) is 4.43. The number of carbonyl (C=O) groups is 2. The molecule has 0 saturated carbocycles. The minimum Gasteiger partial charge on any atom is -0.365 e. The maximum atomic E-state index is 12.3. The molecule has 2 rings (SSSR count). The molecular formula is C13H8ClF3N2O2S. The van der Waals surface area contributed by atoms with Crippen LogP contribution in [0.2, 0.25) is 5.02 Å².